The fourth-order valence-electron chi connectivity index (χ4n) is 8.21. The first-order valence-electron chi connectivity index (χ1n) is 24.7. The number of carbonyl (C=O) groups excluding carboxylic acids is 6. The number of aromatic nitrogens is 3. The van der Waals surface area contributed by atoms with Crippen LogP contribution in [0.1, 0.15) is 100 Å². The van der Waals surface area contributed by atoms with Gasteiger partial charge in [-0.1, -0.05) is 94.6 Å². The van der Waals surface area contributed by atoms with Crippen molar-refractivity contribution in [3.05, 3.63) is 101 Å². The number of amides is 6. The van der Waals surface area contributed by atoms with E-state index in [1.54, 1.807) is 22.2 Å². The minimum Gasteiger partial charge on any atom is -0.391 e. The lowest BCUT2D eigenvalue weighted by Crippen LogP contribution is -2.57. The van der Waals surface area contributed by atoms with Gasteiger partial charge >= 0.3 is 0 Å². The van der Waals surface area contributed by atoms with Crippen LogP contribution in [0, 0.1) is 12.3 Å². The Kier molecular flexibility index (Phi) is 20.6. The third-order valence-electron chi connectivity index (χ3n) is 12.3. The van der Waals surface area contributed by atoms with Crippen LogP contribution in [-0.2, 0) is 45.3 Å². The molecule has 0 aliphatic carbocycles. The largest absolute Gasteiger partial charge is 0.391 e. The lowest BCUT2D eigenvalue weighted by atomic mass is 9.85. The second kappa shape index (κ2) is 26.8. The molecule has 0 unspecified atom stereocenters. The standard InChI is InChI=1S/C52H67N9O10S3/c1-34-45(73-33-55-34)37-21-19-35(20-22-37)28-54-49(67)42-27-39(62)30-61(42)50(68)46(52(2,3)4)58-44(64)17-12-7-6-8-13-24-53-43(63)18-14-26-71-31-40(56-47(65)38-23-25-60(29-38)74(5,69)70)48(66)59-51-57-41(32-72-51)36-15-10-9-11-16-36/h9-11,15-16,19-23,25,29,32-33,39-40,42,46,62H,6-8,12-14,17-18,24,26-28,30-31H2,1-5H3,(H,53,63)(H,54,67)(H,56,65)(H,58,64)(H,57,59,66)/t39-,40+,42+,46-/m1/s1. The number of anilines is 1. The van der Waals surface area contributed by atoms with Crippen LogP contribution in [0.5, 0.6) is 0 Å². The summed E-state index contributed by atoms with van der Waals surface area (Å²) in [4.78, 5) is 91.0. The van der Waals surface area contributed by atoms with Crippen molar-refractivity contribution in [2.24, 2.45) is 5.41 Å². The van der Waals surface area contributed by atoms with E-state index in [9.17, 15) is 42.3 Å². The number of aliphatic hydroxyl groups is 1. The Hall–Kier alpha value is -6.33. The van der Waals surface area contributed by atoms with E-state index in [1.807, 2.05) is 82.3 Å². The van der Waals surface area contributed by atoms with Gasteiger partial charge in [0.2, 0.25) is 33.7 Å². The molecule has 3 aromatic heterocycles. The monoisotopic (exact) mass is 1070 g/mol. The molecule has 5 aromatic rings. The molecule has 4 atom stereocenters. The molecule has 0 radical (unpaired) electrons. The number of carbonyl (C=O) groups is 6. The van der Waals surface area contributed by atoms with Gasteiger partial charge < -0.3 is 41.3 Å². The van der Waals surface area contributed by atoms with Gasteiger partial charge in [-0.25, -0.2) is 18.4 Å². The van der Waals surface area contributed by atoms with Crippen LogP contribution in [0.15, 0.2) is 83.9 Å². The number of aryl methyl sites for hydroxylation is 1. The van der Waals surface area contributed by atoms with Crippen LogP contribution in [0.4, 0.5) is 5.13 Å². The van der Waals surface area contributed by atoms with Gasteiger partial charge in [-0.2, -0.15) is 0 Å². The Morgan fingerprint density at radius 2 is 1.58 bits per heavy atom. The second-order valence-corrected chi connectivity index (χ2v) is 23.0. The molecule has 6 N–H and O–H groups in total. The topological polar surface area (TPSA) is 260 Å². The Morgan fingerprint density at radius 3 is 2.27 bits per heavy atom. The number of benzene rings is 2. The molecule has 1 aliphatic rings. The predicted molar refractivity (Wildman–Crippen MR) is 285 cm³/mol. The average molecular weight is 1070 g/mol. The van der Waals surface area contributed by atoms with Gasteiger partial charge in [-0.3, -0.25) is 32.7 Å². The first kappa shape index (κ1) is 57.0. The number of hydrogen-bond donors (Lipinski definition) is 6. The van der Waals surface area contributed by atoms with Crippen molar-refractivity contribution < 1.29 is 47.0 Å². The van der Waals surface area contributed by atoms with Crippen LogP contribution in [0.3, 0.4) is 0 Å². The zero-order valence-electron chi connectivity index (χ0n) is 42.4. The maximum absolute atomic E-state index is 14.0. The highest BCUT2D eigenvalue weighted by Gasteiger charge is 2.44. The molecule has 6 amide bonds. The number of β-amino-alcohol motifs (C(OH)–C–C–N with tert-alkyl or cyclic N) is 1. The van der Waals surface area contributed by atoms with Crippen molar-refractivity contribution in [1.29, 1.82) is 0 Å². The summed E-state index contributed by atoms with van der Waals surface area (Å²) >= 11 is 2.78. The normalized spacial score (nSPS) is 15.5. The molecule has 0 bridgehead atoms. The first-order chi connectivity index (χ1) is 35.3. The lowest BCUT2D eigenvalue weighted by Gasteiger charge is -2.35. The molecule has 398 valence electrons. The van der Waals surface area contributed by atoms with Crippen LogP contribution in [0.2, 0.25) is 0 Å². The first-order valence-corrected chi connectivity index (χ1v) is 28.3. The SMILES string of the molecule is Cc1ncsc1-c1ccc(CNC(=O)[C@@H]2C[C@@H](O)CN2C(=O)[C@@H](NC(=O)CCCCCCCNC(=O)CCCOC[C@H](NC(=O)c2ccn(S(C)(=O)=O)c2)C(=O)Nc2nc(-c3ccccc3)cs2)C(C)(C)C)cc1. The summed E-state index contributed by atoms with van der Waals surface area (Å²) in [6.07, 6.45) is 7.12. The molecular formula is C52H67N9O10S3. The van der Waals surface area contributed by atoms with Gasteiger partial charge in [0.25, 0.3) is 11.8 Å². The van der Waals surface area contributed by atoms with Crippen molar-refractivity contribution in [2.45, 2.75) is 116 Å². The van der Waals surface area contributed by atoms with Crippen molar-refractivity contribution >= 4 is 73.3 Å². The van der Waals surface area contributed by atoms with Crippen LogP contribution < -0.4 is 26.6 Å². The quantitative estimate of drug-likeness (QED) is 0.0367. The molecule has 1 saturated heterocycles. The Labute approximate surface area is 440 Å². The number of rotatable bonds is 26. The zero-order valence-corrected chi connectivity index (χ0v) is 44.9. The van der Waals surface area contributed by atoms with E-state index in [0.29, 0.717) is 30.2 Å². The van der Waals surface area contributed by atoms with Crippen LogP contribution in [-0.4, -0.2) is 125 Å². The zero-order chi connectivity index (χ0) is 53.4. The van der Waals surface area contributed by atoms with E-state index in [2.05, 4.69) is 36.6 Å². The van der Waals surface area contributed by atoms with E-state index in [1.165, 1.54) is 28.5 Å². The summed E-state index contributed by atoms with van der Waals surface area (Å²) in [5, 5.41) is 26.8. The Balaban J connectivity index is 0.859. The number of nitrogens with zero attached hydrogens (tertiary/aromatic N) is 4. The van der Waals surface area contributed by atoms with E-state index in [-0.39, 0.29) is 68.9 Å². The summed E-state index contributed by atoms with van der Waals surface area (Å²) in [7, 11) is -3.63. The molecule has 4 heterocycles. The summed E-state index contributed by atoms with van der Waals surface area (Å²) in [5.74, 6) is -2.49. The molecule has 1 fully saturated rings. The highest BCUT2D eigenvalue weighted by molar-refractivity contribution is 7.89. The molecule has 22 heteroatoms. The number of nitrogens with one attached hydrogen (secondary N) is 5. The van der Waals surface area contributed by atoms with Gasteiger partial charge in [0.05, 0.1) is 46.3 Å². The lowest BCUT2D eigenvalue weighted by molar-refractivity contribution is -0.144. The minimum atomic E-state index is -3.63. The average Bonchev–Trinajstić information content (AvgIpc) is 4.21. The molecule has 0 saturated carbocycles. The van der Waals surface area contributed by atoms with Gasteiger partial charge in [0, 0.05) is 68.8 Å². The highest BCUT2D eigenvalue weighted by Crippen LogP contribution is 2.29. The second-order valence-electron chi connectivity index (χ2n) is 19.4. The summed E-state index contributed by atoms with van der Waals surface area (Å²) in [6.45, 7) is 8.12. The molecule has 1 aliphatic heterocycles. The van der Waals surface area contributed by atoms with Crippen molar-refractivity contribution in [1.82, 2.24) is 40.1 Å². The summed E-state index contributed by atoms with van der Waals surface area (Å²) in [5.41, 5.74) is 5.59. The molecule has 0 spiro atoms. The van der Waals surface area contributed by atoms with E-state index in [0.717, 1.165) is 69.4 Å². The molecular weight excluding hydrogens is 1010 g/mol. The van der Waals surface area contributed by atoms with Crippen LogP contribution >= 0.6 is 22.7 Å². The fraction of sp³-hybridized carbons (Fsp3) is 0.462. The Bertz CT molecular complexity index is 2810. The maximum Gasteiger partial charge on any atom is 0.253 e. The summed E-state index contributed by atoms with van der Waals surface area (Å²) in [6, 6.07) is 15.6. The van der Waals surface area contributed by atoms with Crippen molar-refractivity contribution in [3.63, 3.8) is 0 Å². The van der Waals surface area contributed by atoms with Gasteiger partial charge in [0.1, 0.15) is 18.1 Å². The van der Waals surface area contributed by atoms with Crippen molar-refractivity contribution in [3.8, 4) is 21.7 Å². The third kappa shape index (κ3) is 16.8. The number of likely N-dealkylation sites (tertiary alicyclic amines) is 1. The molecule has 2 aromatic carbocycles. The highest BCUT2D eigenvalue weighted by atomic mass is 32.2. The number of aliphatic hydroxyl groups excluding tert-OH is 1. The minimum absolute atomic E-state index is 0.0101. The van der Waals surface area contributed by atoms with Gasteiger partial charge in [-0.05, 0) is 48.8 Å². The third-order valence-corrected chi connectivity index (χ3v) is 15.1. The smallest absolute Gasteiger partial charge is 0.253 e. The number of unbranched alkanes of at least 4 members (excludes halogenated alkanes) is 4. The van der Waals surface area contributed by atoms with E-state index >= 15 is 0 Å². The maximum atomic E-state index is 14.0. The number of thiazole rings is 2. The molecule has 6 rings (SSSR count). The molecule has 74 heavy (non-hydrogen) atoms. The predicted octanol–water partition coefficient (Wildman–Crippen LogP) is 5.65. The van der Waals surface area contributed by atoms with Gasteiger partial charge in [0.15, 0.2) is 5.13 Å². The van der Waals surface area contributed by atoms with E-state index < -0.39 is 57.4 Å². The van der Waals surface area contributed by atoms with Gasteiger partial charge in [-0.15, -0.1) is 22.7 Å². The van der Waals surface area contributed by atoms with E-state index in [4.69, 9.17) is 4.74 Å². The molecule has 19 nitrogen and oxygen atoms in total. The Morgan fingerprint density at radius 1 is 0.865 bits per heavy atom. The number of hydrogen-bond acceptors (Lipinski definition) is 14. The number of ether oxygens (including phenoxy) is 1. The fourth-order valence-corrected chi connectivity index (χ4v) is 10.3. The van der Waals surface area contributed by atoms with Crippen LogP contribution in [0.25, 0.3) is 21.7 Å². The summed E-state index contributed by atoms with van der Waals surface area (Å²) < 4.78 is 30.5. The van der Waals surface area contributed by atoms with Crippen molar-refractivity contribution in [2.75, 3.05) is 37.9 Å².